The highest BCUT2D eigenvalue weighted by Crippen LogP contribution is 2.20. The molecule has 86 valence electrons. The first-order chi connectivity index (χ1) is 7.16. The molecule has 0 aromatic heterocycles. The van der Waals surface area contributed by atoms with E-state index < -0.39 is 0 Å². The third-order valence-corrected chi connectivity index (χ3v) is 3.68. The summed E-state index contributed by atoms with van der Waals surface area (Å²) in [5.41, 5.74) is 5.90. The molecule has 0 radical (unpaired) electrons. The minimum absolute atomic E-state index is 0.214. The second kappa shape index (κ2) is 4.49. The summed E-state index contributed by atoms with van der Waals surface area (Å²) in [6.45, 7) is 5.69. The molecule has 0 bridgehead atoms. The first kappa shape index (κ1) is 10.9. The monoisotopic (exact) mass is 211 g/mol. The minimum Gasteiger partial charge on any atom is -0.343 e. The largest absolute Gasteiger partial charge is 0.343 e. The van der Waals surface area contributed by atoms with E-state index in [1.807, 2.05) is 4.90 Å². The summed E-state index contributed by atoms with van der Waals surface area (Å²) in [6, 6.07) is 1.03. The highest BCUT2D eigenvalue weighted by atomic mass is 16.2. The quantitative estimate of drug-likeness (QED) is 0.666. The summed E-state index contributed by atoms with van der Waals surface area (Å²) in [7, 11) is 0. The van der Waals surface area contributed by atoms with Crippen molar-refractivity contribution >= 4 is 5.91 Å². The third kappa shape index (κ3) is 2.49. The molecule has 2 aliphatic rings. The van der Waals surface area contributed by atoms with Crippen molar-refractivity contribution in [1.82, 2.24) is 9.80 Å². The molecule has 4 heteroatoms. The van der Waals surface area contributed by atoms with E-state index in [4.69, 9.17) is 5.73 Å². The van der Waals surface area contributed by atoms with Crippen LogP contribution in [0.2, 0.25) is 0 Å². The smallest absolute Gasteiger partial charge is 0.219 e. The van der Waals surface area contributed by atoms with Crippen molar-refractivity contribution in [2.24, 2.45) is 5.73 Å². The Morgan fingerprint density at radius 2 is 1.87 bits per heavy atom. The summed E-state index contributed by atoms with van der Waals surface area (Å²) in [4.78, 5) is 15.6. The van der Waals surface area contributed by atoms with E-state index in [2.05, 4.69) is 4.90 Å². The molecule has 2 fully saturated rings. The number of rotatable bonds is 1. The van der Waals surface area contributed by atoms with Crippen LogP contribution in [-0.4, -0.2) is 54.0 Å². The van der Waals surface area contributed by atoms with Gasteiger partial charge in [0.05, 0.1) is 0 Å². The predicted molar refractivity (Wildman–Crippen MR) is 59.4 cm³/mol. The molecular weight excluding hydrogens is 190 g/mol. The van der Waals surface area contributed by atoms with Crippen molar-refractivity contribution in [2.45, 2.75) is 38.3 Å². The molecule has 0 unspecified atom stereocenters. The zero-order chi connectivity index (χ0) is 10.8. The van der Waals surface area contributed by atoms with Gasteiger partial charge in [0.15, 0.2) is 0 Å². The van der Waals surface area contributed by atoms with Gasteiger partial charge in [0, 0.05) is 45.2 Å². The zero-order valence-electron chi connectivity index (χ0n) is 9.48. The van der Waals surface area contributed by atoms with Crippen molar-refractivity contribution in [3.63, 3.8) is 0 Å². The van der Waals surface area contributed by atoms with Crippen molar-refractivity contribution in [1.29, 1.82) is 0 Å². The first-order valence-electron chi connectivity index (χ1n) is 5.92. The summed E-state index contributed by atoms with van der Waals surface area (Å²) < 4.78 is 0. The molecule has 0 spiro atoms. The normalized spacial score (nSPS) is 29.7. The number of likely N-dealkylation sites (tertiary alicyclic amines) is 2. The van der Waals surface area contributed by atoms with Crippen LogP contribution in [0.4, 0.5) is 0 Å². The summed E-state index contributed by atoms with van der Waals surface area (Å²) in [6.07, 6.45) is 3.37. The average molecular weight is 211 g/mol. The van der Waals surface area contributed by atoms with Crippen LogP contribution in [0.25, 0.3) is 0 Å². The molecule has 1 amide bonds. The van der Waals surface area contributed by atoms with Gasteiger partial charge in [0.1, 0.15) is 0 Å². The van der Waals surface area contributed by atoms with Gasteiger partial charge in [0.2, 0.25) is 5.91 Å². The topological polar surface area (TPSA) is 49.6 Å². The SMILES string of the molecule is CC(=O)N1CCC(N2CC[C@H](N)C2)CC1. The van der Waals surface area contributed by atoms with E-state index >= 15 is 0 Å². The van der Waals surface area contributed by atoms with Crippen molar-refractivity contribution in [3.8, 4) is 0 Å². The Bertz CT molecular complexity index is 236. The van der Waals surface area contributed by atoms with Gasteiger partial charge in [-0.15, -0.1) is 0 Å². The van der Waals surface area contributed by atoms with Crippen LogP contribution in [0.3, 0.4) is 0 Å². The number of nitrogens with two attached hydrogens (primary N) is 1. The van der Waals surface area contributed by atoms with E-state index in [9.17, 15) is 4.79 Å². The second-order valence-electron chi connectivity index (χ2n) is 4.78. The Morgan fingerprint density at radius 1 is 1.20 bits per heavy atom. The molecule has 0 aliphatic carbocycles. The van der Waals surface area contributed by atoms with Gasteiger partial charge in [0.25, 0.3) is 0 Å². The van der Waals surface area contributed by atoms with Gasteiger partial charge in [-0.25, -0.2) is 0 Å². The fourth-order valence-corrected chi connectivity index (χ4v) is 2.69. The lowest BCUT2D eigenvalue weighted by Crippen LogP contribution is -2.46. The molecule has 4 nitrogen and oxygen atoms in total. The predicted octanol–water partition coefficient (Wildman–Crippen LogP) is 0.0303. The van der Waals surface area contributed by atoms with E-state index in [1.165, 1.54) is 0 Å². The van der Waals surface area contributed by atoms with E-state index in [-0.39, 0.29) is 5.91 Å². The van der Waals surface area contributed by atoms with E-state index in [0.29, 0.717) is 12.1 Å². The van der Waals surface area contributed by atoms with Crippen LogP contribution in [-0.2, 0) is 4.79 Å². The lowest BCUT2D eigenvalue weighted by atomic mass is 10.0. The van der Waals surface area contributed by atoms with Gasteiger partial charge >= 0.3 is 0 Å². The molecule has 15 heavy (non-hydrogen) atoms. The van der Waals surface area contributed by atoms with Crippen LogP contribution >= 0.6 is 0 Å². The molecule has 2 saturated heterocycles. The van der Waals surface area contributed by atoms with Crippen LogP contribution in [0.15, 0.2) is 0 Å². The Hall–Kier alpha value is -0.610. The summed E-state index contributed by atoms with van der Waals surface area (Å²) in [5, 5.41) is 0. The lowest BCUT2D eigenvalue weighted by Gasteiger charge is -2.36. The van der Waals surface area contributed by atoms with Gasteiger partial charge < -0.3 is 10.6 Å². The highest BCUT2D eigenvalue weighted by Gasteiger charge is 2.29. The number of hydrogen-bond donors (Lipinski definition) is 1. The van der Waals surface area contributed by atoms with Crippen molar-refractivity contribution in [2.75, 3.05) is 26.2 Å². The zero-order valence-corrected chi connectivity index (χ0v) is 9.48. The molecule has 2 heterocycles. The van der Waals surface area contributed by atoms with Gasteiger partial charge in [-0.05, 0) is 19.3 Å². The number of nitrogens with zero attached hydrogens (tertiary/aromatic N) is 2. The Labute approximate surface area is 91.4 Å². The number of carbonyl (C=O) groups excluding carboxylic acids is 1. The maximum atomic E-state index is 11.2. The van der Waals surface area contributed by atoms with Crippen molar-refractivity contribution < 1.29 is 4.79 Å². The summed E-state index contributed by atoms with van der Waals surface area (Å²) >= 11 is 0. The van der Waals surface area contributed by atoms with Gasteiger partial charge in [-0.1, -0.05) is 0 Å². The van der Waals surface area contributed by atoms with Gasteiger partial charge in [-0.2, -0.15) is 0 Å². The molecule has 2 N–H and O–H groups in total. The lowest BCUT2D eigenvalue weighted by molar-refractivity contribution is -0.130. The fraction of sp³-hybridized carbons (Fsp3) is 0.909. The minimum atomic E-state index is 0.214. The van der Waals surface area contributed by atoms with Crippen molar-refractivity contribution in [3.05, 3.63) is 0 Å². The molecule has 0 saturated carbocycles. The maximum absolute atomic E-state index is 11.2. The standard InChI is InChI=1S/C11H21N3O/c1-9(15)13-6-3-11(4-7-13)14-5-2-10(12)8-14/h10-11H,2-8,12H2,1H3/t10-/m0/s1. The Morgan fingerprint density at radius 3 is 2.33 bits per heavy atom. The third-order valence-electron chi connectivity index (χ3n) is 3.68. The summed E-state index contributed by atoms with van der Waals surface area (Å²) in [5.74, 6) is 0.214. The Kier molecular flexibility index (Phi) is 3.26. The Balaban J connectivity index is 1.80. The highest BCUT2D eigenvalue weighted by molar-refractivity contribution is 5.73. The molecule has 0 aromatic carbocycles. The van der Waals surface area contributed by atoms with Crippen LogP contribution in [0, 0.1) is 0 Å². The van der Waals surface area contributed by atoms with Crippen LogP contribution in [0.1, 0.15) is 26.2 Å². The number of carbonyl (C=O) groups is 1. The average Bonchev–Trinajstić information content (AvgIpc) is 2.65. The van der Waals surface area contributed by atoms with Gasteiger partial charge in [-0.3, -0.25) is 9.69 Å². The molecule has 1 atom stereocenters. The molecule has 0 aromatic rings. The number of piperidine rings is 1. The number of amides is 1. The molecule has 2 aliphatic heterocycles. The maximum Gasteiger partial charge on any atom is 0.219 e. The molecular formula is C11H21N3O. The van der Waals surface area contributed by atoms with E-state index in [1.54, 1.807) is 6.92 Å². The van der Waals surface area contributed by atoms with Crippen LogP contribution < -0.4 is 5.73 Å². The second-order valence-corrected chi connectivity index (χ2v) is 4.78. The first-order valence-corrected chi connectivity index (χ1v) is 5.92. The molecule has 2 rings (SSSR count). The van der Waals surface area contributed by atoms with Crippen LogP contribution in [0.5, 0.6) is 0 Å². The fourth-order valence-electron chi connectivity index (χ4n) is 2.69. The number of hydrogen-bond acceptors (Lipinski definition) is 3. The van der Waals surface area contributed by atoms with E-state index in [0.717, 1.165) is 45.4 Å².